The fraction of sp³-hybridized carbons (Fsp3) is 0.231. The van der Waals surface area contributed by atoms with E-state index < -0.39 is 0 Å². The molecule has 0 saturated heterocycles. The molecule has 2 rings (SSSR count). The van der Waals surface area contributed by atoms with Gasteiger partial charge in [0.2, 0.25) is 0 Å². The molecule has 0 N–H and O–H groups in total. The molecule has 82 valence electrons. The van der Waals surface area contributed by atoms with Crippen LogP contribution in [0.4, 0.5) is 0 Å². The molecule has 0 atom stereocenters. The lowest BCUT2D eigenvalue weighted by Gasteiger charge is -2.02. The highest BCUT2D eigenvalue weighted by molar-refractivity contribution is 5.95. The molecular weight excluding hydrogens is 200 g/mol. The molecule has 0 amide bonds. The monoisotopic (exact) mass is 214 g/mol. The molecule has 1 aromatic heterocycles. The van der Waals surface area contributed by atoms with Crippen LogP contribution in [0.5, 0.6) is 0 Å². The largest absolute Gasteiger partial charge is 0.292 e. The summed E-state index contributed by atoms with van der Waals surface area (Å²) in [6, 6.07) is 7.62. The average molecular weight is 214 g/mol. The number of hydrogen-bond donors (Lipinski definition) is 0. The smallest absolute Gasteiger partial charge is 0.184 e. The number of ketones is 1. The van der Waals surface area contributed by atoms with E-state index in [0.717, 1.165) is 16.7 Å². The zero-order chi connectivity index (χ0) is 11.5. The molecule has 0 spiro atoms. The molecule has 0 aliphatic heterocycles. The summed E-state index contributed by atoms with van der Waals surface area (Å²) in [5.74, 6) is 0.0896. The van der Waals surface area contributed by atoms with Gasteiger partial charge in [0, 0.05) is 11.8 Å². The number of carbonyl (C=O) groups is 1. The summed E-state index contributed by atoms with van der Waals surface area (Å²) in [5.41, 5.74) is 2.91. The van der Waals surface area contributed by atoms with Gasteiger partial charge in [0.15, 0.2) is 5.78 Å². The number of aromatic nitrogens is 2. The van der Waals surface area contributed by atoms with Crippen LogP contribution in [0.15, 0.2) is 36.7 Å². The highest BCUT2D eigenvalue weighted by Crippen LogP contribution is 2.06. The number of benzene rings is 1. The number of nitrogens with zero attached hydrogens (tertiary/aromatic N) is 2. The standard InChI is InChI=1S/C13H14N2O/c1-10-4-3-5-12(6-10)13(16)9-15-8-11(2)7-14-15/h3-8H,9H2,1-2H3. The maximum absolute atomic E-state index is 11.9. The van der Waals surface area contributed by atoms with Crippen molar-refractivity contribution in [1.29, 1.82) is 0 Å². The van der Waals surface area contributed by atoms with E-state index in [1.165, 1.54) is 0 Å². The normalized spacial score (nSPS) is 10.4. The molecule has 0 unspecified atom stereocenters. The van der Waals surface area contributed by atoms with Gasteiger partial charge in [-0.2, -0.15) is 5.10 Å². The van der Waals surface area contributed by atoms with Gasteiger partial charge in [0.1, 0.15) is 6.54 Å². The Balaban J connectivity index is 2.14. The van der Waals surface area contributed by atoms with E-state index in [1.807, 2.05) is 44.3 Å². The van der Waals surface area contributed by atoms with Crippen LogP contribution in [-0.4, -0.2) is 15.6 Å². The Morgan fingerprint density at radius 1 is 1.31 bits per heavy atom. The van der Waals surface area contributed by atoms with Gasteiger partial charge in [-0.1, -0.05) is 23.8 Å². The van der Waals surface area contributed by atoms with Gasteiger partial charge in [-0.3, -0.25) is 9.48 Å². The van der Waals surface area contributed by atoms with Crippen LogP contribution >= 0.6 is 0 Å². The zero-order valence-electron chi connectivity index (χ0n) is 9.47. The van der Waals surface area contributed by atoms with Gasteiger partial charge in [0.05, 0.1) is 6.20 Å². The predicted molar refractivity (Wildman–Crippen MR) is 62.5 cm³/mol. The van der Waals surface area contributed by atoms with Crippen molar-refractivity contribution in [3.05, 3.63) is 53.3 Å². The van der Waals surface area contributed by atoms with Crippen LogP contribution < -0.4 is 0 Å². The highest BCUT2D eigenvalue weighted by Gasteiger charge is 2.07. The molecule has 0 bridgehead atoms. The van der Waals surface area contributed by atoms with E-state index in [9.17, 15) is 4.79 Å². The molecule has 16 heavy (non-hydrogen) atoms. The first-order valence-electron chi connectivity index (χ1n) is 5.24. The Bertz CT molecular complexity index is 514. The first-order valence-corrected chi connectivity index (χ1v) is 5.24. The molecule has 0 radical (unpaired) electrons. The molecule has 0 aliphatic carbocycles. The lowest BCUT2D eigenvalue weighted by molar-refractivity contribution is 0.0967. The minimum Gasteiger partial charge on any atom is -0.292 e. The van der Waals surface area contributed by atoms with Crippen molar-refractivity contribution in [2.75, 3.05) is 0 Å². The van der Waals surface area contributed by atoms with Crippen LogP contribution in [0.3, 0.4) is 0 Å². The maximum atomic E-state index is 11.9. The van der Waals surface area contributed by atoms with E-state index in [-0.39, 0.29) is 5.78 Å². The summed E-state index contributed by atoms with van der Waals surface area (Å²) < 4.78 is 1.67. The third kappa shape index (κ3) is 2.37. The van der Waals surface area contributed by atoms with Gasteiger partial charge in [-0.15, -0.1) is 0 Å². The van der Waals surface area contributed by atoms with Crippen LogP contribution in [0.1, 0.15) is 21.5 Å². The first-order chi connectivity index (χ1) is 7.65. The summed E-state index contributed by atoms with van der Waals surface area (Å²) in [5, 5.41) is 4.10. The highest BCUT2D eigenvalue weighted by atomic mass is 16.1. The fourth-order valence-electron chi connectivity index (χ4n) is 1.61. The lowest BCUT2D eigenvalue weighted by Crippen LogP contribution is -2.10. The van der Waals surface area contributed by atoms with E-state index >= 15 is 0 Å². The molecule has 3 heteroatoms. The predicted octanol–water partition coefficient (Wildman–Crippen LogP) is 2.38. The molecule has 2 aromatic rings. The second-order valence-electron chi connectivity index (χ2n) is 4.01. The van der Waals surface area contributed by atoms with Gasteiger partial charge >= 0.3 is 0 Å². The fourth-order valence-corrected chi connectivity index (χ4v) is 1.61. The van der Waals surface area contributed by atoms with Crippen LogP contribution in [0.25, 0.3) is 0 Å². The van der Waals surface area contributed by atoms with Crippen molar-refractivity contribution < 1.29 is 4.79 Å². The number of hydrogen-bond acceptors (Lipinski definition) is 2. The Kier molecular flexibility index (Phi) is 2.86. The minimum atomic E-state index is 0.0896. The SMILES string of the molecule is Cc1cccc(C(=O)Cn2cc(C)cn2)c1. The molecule has 0 fully saturated rings. The summed E-state index contributed by atoms with van der Waals surface area (Å²) >= 11 is 0. The van der Waals surface area contributed by atoms with Gasteiger partial charge in [-0.05, 0) is 25.5 Å². The van der Waals surface area contributed by atoms with Crippen molar-refractivity contribution in [1.82, 2.24) is 9.78 Å². The second-order valence-corrected chi connectivity index (χ2v) is 4.01. The minimum absolute atomic E-state index is 0.0896. The van der Waals surface area contributed by atoms with E-state index in [0.29, 0.717) is 6.54 Å². The summed E-state index contributed by atoms with van der Waals surface area (Å²) in [4.78, 5) is 11.9. The number of carbonyl (C=O) groups excluding carboxylic acids is 1. The Morgan fingerprint density at radius 3 is 2.75 bits per heavy atom. The van der Waals surface area contributed by atoms with Crippen molar-refractivity contribution in [3.63, 3.8) is 0 Å². The third-order valence-corrected chi connectivity index (χ3v) is 2.41. The Morgan fingerprint density at radius 2 is 2.12 bits per heavy atom. The van der Waals surface area contributed by atoms with E-state index in [1.54, 1.807) is 10.9 Å². The summed E-state index contributed by atoms with van der Waals surface area (Å²) in [6.07, 6.45) is 3.62. The quantitative estimate of drug-likeness (QED) is 0.735. The number of Topliss-reactive ketones (excluding diaryl/α,β-unsaturated/α-hetero) is 1. The van der Waals surface area contributed by atoms with Crippen molar-refractivity contribution in [2.45, 2.75) is 20.4 Å². The van der Waals surface area contributed by atoms with Crippen LogP contribution in [-0.2, 0) is 6.54 Å². The summed E-state index contributed by atoms with van der Waals surface area (Å²) in [6.45, 7) is 4.24. The third-order valence-electron chi connectivity index (χ3n) is 2.41. The lowest BCUT2D eigenvalue weighted by atomic mass is 10.1. The van der Waals surface area contributed by atoms with Gasteiger partial charge in [0.25, 0.3) is 0 Å². The van der Waals surface area contributed by atoms with Crippen molar-refractivity contribution >= 4 is 5.78 Å². The molecule has 0 saturated carbocycles. The second kappa shape index (κ2) is 4.31. The van der Waals surface area contributed by atoms with Crippen LogP contribution in [0.2, 0.25) is 0 Å². The molecule has 3 nitrogen and oxygen atoms in total. The number of aryl methyl sites for hydroxylation is 2. The Labute approximate surface area is 94.7 Å². The maximum Gasteiger partial charge on any atom is 0.184 e. The van der Waals surface area contributed by atoms with Gasteiger partial charge in [-0.25, -0.2) is 0 Å². The van der Waals surface area contributed by atoms with E-state index in [4.69, 9.17) is 0 Å². The van der Waals surface area contributed by atoms with Crippen LogP contribution in [0, 0.1) is 13.8 Å². The molecule has 1 aromatic carbocycles. The zero-order valence-corrected chi connectivity index (χ0v) is 9.47. The molecule has 1 heterocycles. The molecular formula is C13H14N2O. The topological polar surface area (TPSA) is 34.9 Å². The number of rotatable bonds is 3. The van der Waals surface area contributed by atoms with Crippen molar-refractivity contribution in [2.24, 2.45) is 0 Å². The molecule has 0 aliphatic rings. The van der Waals surface area contributed by atoms with Crippen molar-refractivity contribution in [3.8, 4) is 0 Å². The average Bonchev–Trinajstić information content (AvgIpc) is 2.64. The Hall–Kier alpha value is -1.90. The van der Waals surface area contributed by atoms with E-state index in [2.05, 4.69) is 5.10 Å². The van der Waals surface area contributed by atoms with Gasteiger partial charge < -0.3 is 0 Å². The first kappa shape index (κ1) is 10.6. The summed E-state index contributed by atoms with van der Waals surface area (Å²) in [7, 11) is 0.